The summed E-state index contributed by atoms with van der Waals surface area (Å²) in [4.78, 5) is 26.6. The summed E-state index contributed by atoms with van der Waals surface area (Å²) < 4.78 is 24.9. The summed E-state index contributed by atoms with van der Waals surface area (Å²) in [6.07, 6.45) is 1.33. The molecule has 0 saturated carbocycles. The Hall–Kier alpha value is -1.90. The second-order valence-electron chi connectivity index (χ2n) is 6.11. The molecular formula is C14H20N4O4S. The van der Waals surface area contributed by atoms with E-state index < -0.39 is 9.84 Å². The number of hydrogen-bond donors (Lipinski definition) is 0. The molecule has 2 amide bonds. The van der Waals surface area contributed by atoms with Crippen molar-refractivity contribution in [2.24, 2.45) is 0 Å². The van der Waals surface area contributed by atoms with Gasteiger partial charge in [0.25, 0.3) is 5.91 Å². The molecule has 8 nitrogen and oxygen atoms in total. The second-order valence-corrected chi connectivity index (χ2v) is 8.33. The Bertz CT molecular complexity index is 719. The van der Waals surface area contributed by atoms with E-state index in [-0.39, 0.29) is 23.5 Å². The molecule has 9 heteroatoms. The maximum Gasteiger partial charge on any atom is 0.274 e. The molecule has 2 fully saturated rings. The van der Waals surface area contributed by atoms with E-state index in [0.29, 0.717) is 38.3 Å². The van der Waals surface area contributed by atoms with Crippen LogP contribution in [0.2, 0.25) is 0 Å². The van der Waals surface area contributed by atoms with Crippen LogP contribution in [0.1, 0.15) is 28.6 Å². The van der Waals surface area contributed by atoms with Crippen molar-refractivity contribution in [3.63, 3.8) is 0 Å². The number of nitrogens with zero attached hydrogens (tertiary/aromatic N) is 4. The van der Waals surface area contributed by atoms with Crippen molar-refractivity contribution in [1.82, 2.24) is 19.6 Å². The Labute approximate surface area is 135 Å². The van der Waals surface area contributed by atoms with Gasteiger partial charge in [-0.05, 0) is 19.4 Å². The van der Waals surface area contributed by atoms with Crippen LogP contribution in [0.4, 0.5) is 0 Å². The molecule has 1 aromatic rings. The zero-order valence-corrected chi connectivity index (χ0v) is 13.8. The molecule has 0 N–H and O–H groups in total. The molecule has 1 aromatic heterocycles. The van der Waals surface area contributed by atoms with E-state index in [9.17, 15) is 18.0 Å². The predicted molar refractivity (Wildman–Crippen MR) is 82.8 cm³/mol. The summed E-state index contributed by atoms with van der Waals surface area (Å²) in [5.41, 5.74) is 1.13. The van der Waals surface area contributed by atoms with E-state index in [0.717, 1.165) is 12.1 Å². The SMILES string of the molecule is Cc1cc(C(=O)N2CCN(C=O)CC2)nn1C1CCS(=O)(=O)C1. The molecule has 3 heterocycles. The normalized spacial score (nSPS) is 24.0. The first-order chi connectivity index (χ1) is 10.9. The van der Waals surface area contributed by atoms with Crippen LogP contribution in [0.15, 0.2) is 6.07 Å². The number of rotatable bonds is 3. The van der Waals surface area contributed by atoms with Gasteiger partial charge < -0.3 is 9.80 Å². The maximum absolute atomic E-state index is 12.5. The second kappa shape index (κ2) is 5.95. The lowest BCUT2D eigenvalue weighted by Gasteiger charge is -2.32. The third-order valence-corrected chi connectivity index (χ3v) is 6.20. The number of piperazine rings is 1. The Kier molecular flexibility index (Phi) is 4.13. The number of aryl methyl sites for hydroxylation is 1. The summed E-state index contributed by atoms with van der Waals surface area (Å²) in [5.74, 6) is 0.0907. The first-order valence-electron chi connectivity index (χ1n) is 7.65. The average Bonchev–Trinajstić information content (AvgIpc) is 3.09. The first-order valence-corrected chi connectivity index (χ1v) is 9.47. The minimum absolute atomic E-state index is 0.0845. The number of carbonyl (C=O) groups is 2. The van der Waals surface area contributed by atoms with E-state index in [1.54, 1.807) is 20.5 Å². The molecule has 3 rings (SSSR count). The van der Waals surface area contributed by atoms with Crippen LogP contribution in [0.3, 0.4) is 0 Å². The summed E-state index contributed by atoms with van der Waals surface area (Å²) in [6.45, 7) is 3.85. The molecule has 0 radical (unpaired) electrons. The fourth-order valence-corrected chi connectivity index (χ4v) is 4.81. The Balaban J connectivity index is 1.73. The standard InChI is InChI=1S/C14H20N4O4S/c1-11-8-13(14(20)17-5-3-16(10-19)4-6-17)15-18(11)12-2-7-23(21,22)9-12/h8,10,12H,2-7,9H2,1H3. The molecule has 0 bridgehead atoms. The zero-order valence-electron chi connectivity index (χ0n) is 13.0. The van der Waals surface area contributed by atoms with E-state index in [1.165, 1.54) is 0 Å². The molecule has 2 saturated heterocycles. The highest BCUT2D eigenvalue weighted by molar-refractivity contribution is 7.91. The van der Waals surface area contributed by atoms with Gasteiger partial charge in [-0.1, -0.05) is 0 Å². The Morgan fingerprint density at radius 2 is 2.00 bits per heavy atom. The van der Waals surface area contributed by atoms with Crippen LogP contribution in [-0.2, 0) is 14.6 Å². The number of aromatic nitrogens is 2. The first kappa shape index (κ1) is 16.0. The maximum atomic E-state index is 12.5. The monoisotopic (exact) mass is 340 g/mol. The summed E-state index contributed by atoms with van der Waals surface area (Å²) in [7, 11) is -3.00. The predicted octanol–water partition coefficient (Wildman–Crippen LogP) is -0.535. The van der Waals surface area contributed by atoms with Crippen LogP contribution in [0, 0.1) is 6.92 Å². The highest BCUT2D eigenvalue weighted by atomic mass is 32.2. The van der Waals surface area contributed by atoms with E-state index in [4.69, 9.17) is 0 Å². The van der Waals surface area contributed by atoms with Crippen molar-refractivity contribution in [1.29, 1.82) is 0 Å². The molecule has 126 valence electrons. The third-order valence-electron chi connectivity index (χ3n) is 4.45. The van der Waals surface area contributed by atoms with Crippen LogP contribution < -0.4 is 0 Å². The average molecular weight is 340 g/mol. The Morgan fingerprint density at radius 3 is 2.57 bits per heavy atom. The van der Waals surface area contributed by atoms with Gasteiger partial charge in [-0.2, -0.15) is 5.10 Å². The lowest BCUT2D eigenvalue weighted by atomic mass is 10.2. The quantitative estimate of drug-likeness (QED) is 0.690. The zero-order chi connectivity index (χ0) is 16.6. The van der Waals surface area contributed by atoms with Gasteiger partial charge in [0, 0.05) is 31.9 Å². The Morgan fingerprint density at radius 1 is 1.30 bits per heavy atom. The minimum Gasteiger partial charge on any atom is -0.342 e. The van der Waals surface area contributed by atoms with Gasteiger partial charge in [0.2, 0.25) is 6.41 Å². The topological polar surface area (TPSA) is 92.6 Å². The number of carbonyl (C=O) groups excluding carboxylic acids is 2. The molecular weight excluding hydrogens is 320 g/mol. The highest BCUT2D eigenvalue weighted by Crippen LogP contribution is 2.25. The van der Waals surface area contributed by atoms with Gasteiger partial charge >= 0.3 is 0 Å². The van der Waals surface area contributed by atoms with Crippen molar-refractivity contribution < 1.29 is 18.0 Å². The molecule has 1 unspecified atom stereocenters. The van der Waals surface area contributed by atoms with E-state index >= 15 is 0 Å². The van der Waals surface area contributed by atoms with Gasteiger partial charge in [-0.25, -0.2) is 8.42 Å². The van der Waals surface area contributed by atoms with E-state index in [2.05, 4.69) is 5.10 Å². The van der Waals surface area contributed by atoms with Gasteiger partial charge in [-0.3, -0.25) is 14.3 Å². The molecule has 0 spiro atoms. The van der Waals surface area contributed by atoms with Crippen molar-refractivity contribution in [3.05, 3.63) is 17.5 Å². The summed E-state index contributed by atoms with van der Waals surface area (Å²) >= 11 is 0. The van der Waals surface area contributed by atoms with Crippen LogP contribution in [-0.4, -0.2) is 78.0 Å². The van der Waals surface area contributed by atoms with Crippen LogP contribution >= 0.6 is 0 Å². The molecule has 1 atom stereocenters. The number of amides is 2. The highest BCUT2D eigenvalue weighted by Gasteiger charge is 2.32. The fraction of sp³-hybridized carbons (Fsp3) is 0.643. The smallest absolute Gasteiger partial charge is 0.274 e. The molecule has 23 heavy (non-hydrogen) atoms. The van der Waals surface area contributed by atoms with Gasteiger partial charge in [-0.15, -0.1) is 0 Å². The van der Waals surface area contributed by atoms with Crippen molar-refractivity contribution in [2.45, 2.75) is 19.4 Å². The third kappa shape index (κ3) is 3.24. The minimum atomic E-state index is -3.00. The van der Waals surface area contributed by atoms with Crippen molar-refractivity contribution in [2.75, 3.05) is 37.7 Å². The van der Waals surface area contributed by atoms with Gasteiger partial charge in [0.05, 0.1) is 17.5 Å². The fourth-order valence-electron chi connectivity index (χ4n) is 3.12. The lowest BCUT2D eigenvalue weighted by molar-refractivity contribution is -0.119. The number of hydrogen-bond acceptors (Lipinski definition) is 5. The molecule has 2 aliphatic heterocycles. The summed E-state index contributed by atoms with van der Waals surface area (Å²) in [5, 5.41) is 4.35. The lowest BCUT2D eigenvalue weighted by Crippen LogP contribution is -2.48. The summed E-state index contributed by atoms with van der Waals surface area (Å²) in [6, 6.07) is 1.52. The number of sulfone groups is 1. The molecule has 0 aromatic carbocycles. The largest absolute Gasteiger partial charge is 0.342 e. The van der Waals surface area contributed by atoms with Crippen LogP contribution in [0.25, 0.3) is 0 Å². The molecule has 0 aliphatic carbocycles. The van der Waals surface area contributed by atoms with Crippen molar-refractivity contribution >= 4 is 22.2 Å². The molecule has 2 aliphatic rings. The van der Waals surface area contributed by atoms with Gasteiger partial charge in [0.15, 0.2) is 15.5 Å². The van der Waals surface area contributed by atoms with Gasteiger partial charge in [0.1, 0.15) is 0 Å². The van der Waals surface area contributed by atoms with E-state index in [1.807, 2.05) is 6.92 Å². The van der Waals surface area contributed by atoms with Crippen molar-refractivity contribution in [3.8, 4) is 0 Å². The van der Waals surface area contributed by atoms with Crippen LogP contribution in [0.5, 0.6) is 0 Å².